The topological polar surface area (TPSA) is 102 Å². The van der Waals surface area contributed by atoms with Crippen LogP contribution in [0, 0.1) is 25.2 Å². The highest BCUT2D eigenvalue weighted by Gasteiger charge is 2.31. The van der Waals surface area contributed by atoms with Gasteiger partial charge in [-0.2, -0.15) is 10.4 Å². The van der Waals surface area contributed by atoms with Crippen LogP contribution >= 0.6 is 0 Å². The molecule has 2 rings (SSSR count). The molecule has 1 atom stereocenters. The second-order valence-electron chi connectivity index (χ2n) is 6.21. The molecule has 1 aromatic heterocycles. The molecule has 8 heteroatoms. The number of hydrogen-bond acceptors (Lipinski definition) is 6. The maximum atomic E-state index is 11.9. The van der Waals surface area contributed by atoms with E-state index in [4.69, 9.17) is 4.74 Å². The zero-order valence-electron chi connectivity index (χ0n) is 14.2. The molecule has 130 valence electrons. The molecule has 1 fully saturated rings. The maximum absolute atomic E-state index is 11.9. The van der Waals surface area contributed by atoms with E-state index in [1.807, 2.05) is 6.07 Å². The molecule has 0 aromatic carbocycles. The molecule has 0 saturated carbocycles. The van der Waals surface area contributed by atoms with Gasteiger partial charge in [0.25, 0.3) is 0 Å². The number of carbonyl (C=O) groups excluding carboxylic acids is 1. The molecule has 1 aromatic rings. The fourth-order valence-electron chi connectivity index (χ4n) is 2.77. The van der Waals surface area contributed by atoms with Crippen molar-refractivity contribution in [3.63, 3.8) is 0 Å². The third-order valence-corrected chi connectivity index (χ3v) is 5.66. The van der Waals surface area contributed by atoms with Gasteiger partial charge in [-0.05, 0) is 40.2 Å². The number of aromatic nitrogens is 2. The first-order chi connectivity index (χ1) is 11.1. The first-order valence-corrected chi connectivity index (χ1v) is 9.55. The van der Waals surface area contributed by atoms with Crippen LogP contribution in [-0.4, -0.2) is 41.8 Å². The Morgan fingerprint density at radius 1 is 1.46 bits per heavy atom. The van der Waals surface area contributed by atoms with E-state index in [-0.39, 0.29) is 29.2 Å². The highest BCUT2D eigenvalue weighted by molar-refractivity contribution is 7.91. The number of carbonyl (C=O) groups is 1. The Morgan fingerprint density at radius 2 is 2.12 bits per heavy atom. The first kappa shape index (κ1) is 18.2. The minimum atomic E-state index is -3.02. The lowest BCUT2D eigenvalue weighted by atomic mass is 10.1. The van der Waals surface area contributed by atoms with Crippen LogP contribution in [-0.2, 0) is 19.4 Å². The molecule has 0 unspecified atom stereocenters. The second-order valence-corrected chi connectivity index (χ2v) is 8.44. The summed E-state index contributed by atoms with van der Waals surface area (Å²) in [6.07, 6.45) is 1.67. The molecule has 24 heavy (non-hydrogen) atoms. The summed E-state index contributed by atoms with van der Waals surface area (Å²) < 4.78 is 30.1. The van der Waals surface area contributed by atoms with Gasteiger partial charge in [0.15, 0.2) is 9.84 Å². The number of esters is 1. The monoisotopic (exact) mass is 351 g/mol. The van der Waals surface area contributed by atoms with Gasteiger partial charge < -0.3 is 4.74 Å². The third kappa shape index (κ3) is 3.85. The number of nitrogens with zero attached hydrogens (tertiary/aromatic N) is 3. The maximum Gasteiger partial charge on any atom is 0.349 e. The van der Waals surface area contributed by atoms with Crippen molar-refractivity contribution in [1.82, 2.24) is 9.78 Å². The Morgan fingerprint density at radius 3 is 2.62 bits per heavy atom. The molecule has 0 radical (unpaired) electrons. The van der Waals surface area contributed by atoms with Crippen molar-refractivity contribution in [3.05, 3.63) is 22.5 Å². The van der Waals surface area contributed by atoms with Gasteiger partial charge in [0, 0.05) is 11.3 Å². The van der Waals surface area contributed by atoms with Crippen LogP contribution in [0.1, 0.15) is 43.3 Å². The molecule has 1 saturated heterocycles. The Kier molecular flexibility index (Phi) is 5.13. The van der Waals surface area contributed by atoms with E-state index in [0.29, 0.717) is 17.7 Å². The van der Waals surface area contributed by atoms with Crippen LogP contribution in [0.3, 0.4) is 0 Å². The number of hydrogen-bond donors (Lipinski definition) is 0. The van der Waals surface area contributed by atoms with Gasteiger partial charge in [0.2, 0.25) is 0 Å². The van der Waals surface area contributed by atoms with Gasteiger partial charge in [0.1, 0.15) is 11.6 Å². The van der Waals surface area contributed by atoms with Crippen LogP contribution in [0.4, 0.5) is 0 Å². The SMILES string of the molecule is Cc1nn([C@H]2CCS(=O)(=O)C2)c(C)c1/C=C(\C#N)C(=O)OC(C)C. The van der Waals surface area contributed by atoms with Crippen molar-refractivity contribution in [2.24, 2.45) is 0 Å². The number of aryl methyl sites for hydroxylation is 1. The van der Waals surface area contributed by atoms with Crippen LogP contribution in [0.5, 0.6) is 0 Å². The van der Waals surface area contributed by atoms with Gasteiger partial charge in [0.05, 0.1) is 29.3 Å². The predicted molar refractivity (Wildman–Crippen MR) is 88.8 cm³/mol. The fraction of sp³-hybridized carbons (Fsp3) is 0.562. The van der Waals surface area contributed by atoms with E-state index in [1.165, 1.54) is 6.08 Å². The van der Waals surface area contributed by atoms with E-state index < -0.39 is 15.8 Å². The van der Waals surface area contributed by atoms with Gasteiger partial charge in [-0.25, -0.2) is 13.2 Å². The van der Waals surface area contributed by atoms with Crippen LogP contribution in [0.15, 0.2) is 5.57 Å². The molecule has 0 N–H and O–H groups in total. The molecular weight excluding hydrogens is 330 g/mol. The van der Waals surface area contributed by atoms with Gasteiger partial charge >= 0.3 is 5.97 Å². The number of sulfone groups is 1. The molecule has 2 heterocycles. The fourth-order valence-corrected chi connectivity index (χ4v) is 4.46. The summed E-state index contributed by atoms with van der Waals surface area (Å²) in [5.74, 6) is -0.452. The highest BCUT2D eigenvalue weighted by atomic mass is 32.2. The minimum absolute atomic E-state index is 0.0681. The average molecular weight is 351 g/mol. The van der Waals surface area contributed by atoms with Crippen LogP contribution in [0.2, 0.25) is 0 Å². The van der Waals surface area contributed by atoms with E-state index in [0.717, 1.165) is 5.69 Å². The van der Waals surface area contributed by atoms with Crippen molar-refractivity contribution < 1.29 is 17.9 Å². The highest BCUT2D eigenvalue weighted by Crippen LogP contribution is 2.27. The lowest BCUT2D eigenvalue weighted by Crippen LogP contribution is -2.14. The Labute approximate surface area is 141 Å². The molecule has 0 bridgehead atoms. The summed E-state index contributed by atoms with van der Waals surface area (Å²) in [7, 11) is -3.02. The van der Waals surface area contributed by atoms with Crippen molar-refractivity contribution in [2.75, 3.05) is 11.5 Å². The summed E-state index contributed by atoms with van der Waals surface area (Å²) in [5.41, 5.74) is 1.92. The normalized spacial score (nSPS) is 20.2. The molecule has 7 nitrogen and oxygen atoms in total. The van der Waals surface area contributed by atoms with Crippen LogP contribution < -0.4 is 0 Å². The molecule has 0 aliphatic carbocycles. The first-order valence-electron chi connectivity index (χ1n) is 7.73. The molecule has 0 amide bonds. The largest absolute Gasteiger partial charge is 0.459 e. The molecule has 1 aliphatic heterocycles. The molecule has 1 aliphatic rings. The van der Waals surface area contributed by atoms with Crippen LogP contribution in [0.25, 0.3) is 6.08 Å². The van der Waals surface area contributed by atoms with E-state index >= 15 is 0 Å². The predicted octanol–water partition coefficient (Wildman–Crippen LogP) is 1.72. The van der Waals surface area contributed by atoms with E-state index in [9.17, 15) is 18.5 Å². The van der Waals surface area contributed by atoms with Gasteiger partial charge in [-0.15, -0.1) is 0 Å². The minimum Gasteiger partial charge on any atom is -0.459 e. The zero-order valence-corrected chi connectivity index (χ0v) is 15.1. The average Bonchev–Trinajstić information content (AvgIpc) is 2.96. The van der Waals surface area contributed by atoms with Crippen molar-refractivity contribution in [1.29, 1.82) is 5.26 Å². The van der Waals surface area contributed by atoms with Gasteiger partial charge in [-0.1, -0.05) is 0 Å². The number of rotatable bonds is 4. The Bertz CT molecular complexity index is 828. The second kappa shape index (κ2) is 6.77. The molecule has 0 spiro atoms. The van der Waals surface area contributed by atoms with E-state index in [2.05, 4.69) is 5.10 Å². The lowest BCUT2D eigenvalue weighted by Gasteiger charge is -2.11. The number of nitriles is 1. The Hall–Kier alpha value is -2.14. The summed E-state index contributed by atoms with van der Waals surface area (Å²) in [6, 6.07) is 1.65. The number of ether oxygens (including phenoxy) is 1. The third-order valence-electron chi connectivity index (χ3n) is 3.91. The standard InChI is InChI=1S/C16H21N3O4S/c1-10(2)23-16(20)13(8-17)7-15-11(3)18-19(12(15)4)14-5-6-24(21,22)9-14/h7,10,14H,5-6,9H2,1-4H3/b13-7+/t14-/m0/s1. The Balaban J connectivity index is 2.37. The molecular formula is C16H21N3O4S. The summed E-state index contributed by atoms with van der Waals surface area (Å²) in [4.78, 5) is 11.9. The van der Waals surface area contributed by atoms with Crippen molar-refractivity contribution >= 4 is 21.9 Å². The lowest BCUT2D eigenvalue weighted by molar-refractivity contribution is -0.142. The van der Waals surface area contributed by atoms with Gasteiger partial charge in [-0.3, -0.25) is 4.68 Å². The summed E-state index contributed by atoms with van der Waals surface area (Å²) in [5, 5.41) is 13.6. The van der Waals surface area contributed by atoms with Crippen molar-refractivity contribution in [3.8, 4) is 6.07 Å². The smallest absolute Gasteiger partial charge is 0.349 e. The quantitative estimate of drug-likeness (QED) is 0.465. The van der Waals surface area contributed by atoms with E-state index in [1.54, 1.807) is 32.4 Å². The van der Waals surface area contributed by atoms with Crippen molar-refractivity contribution in [2.45, 2.75) is 46.3 Å². The summed E-state index contributed by atoms with van der Waals surface area (Å²) in [6.45, 7) is 6.99. The summed E-state index contributed by atoms with van der Waals surface area (Å²) >= 11 is 0. The zero-order chi connectivity index (χ0) is 18.1.